The number of esters is 1. The van der Waals surface area contributed by atoms with Crippen molar-refractivity contribution in [3.05, 3.63) is 64.7 Å². The topological polar surface area (TPSA) is 59.3 Å². The Hall–Kier alpha value is -2.80. The van der Waals surface area contributed by atoms with E-state index in [1.165, 1.54) is 11.1 Å². The number of carbonyl (C=O) groups excluding carboxylic acids is 1. The Morgan fingerprint density at radius 3 is 2.73 bits per heavy atom. The predicted octanol–water partition coefficient (Wildman–Crippen LogP) is 4.20. The van der Waals surface area contributed by atoms with Crippen molar-refractivity contribution in [2.75, 3.05) is 6.61 Å². The first-order valence-electron chi connectivity index (χ1n) is 9.07. The highest BCUT2D eigenvalue weighted by Crippen LogP contribution is 2.30. The predicted molar refractivity (Wildman–Crippen MR) is 98.7 cm³/mol. The van der Waals surface area contributed by atoms with Crippen molar-refractivity contribution in [2.24, 2.45) is 5.92 Å². The van der Waals surface area contributed by atoms with Crippen LogP contribution in [0.4, 0.5) is 0 Å². The summed E-state index contributed by atoms with van der Waals surface area (Å²) in [4.78, 5) is 11.7. The standard InChI is InChI=1S/C22H23NO3/c1-2-25-22(24)12-18-7-8-19-9-10-21(13-20(19)11-18)26-15-17-5-3-16(14-23)4-6-17/h3-6,9-10,13,18H,2,7-8,11-12,15H2,1H3. The van der Waals surface area contributed by atoms with Crippen LogP contribution in [0.1, 0.15) is 42.0 Å². The van der Waals surface area contributed by atoms with Gasteiger partial charge < -0.3 is 9.47 Å². The van der Waals surface area contributed by atoms with E-state index in [9.17, 15) is 4.79 Å². The van der Waals surface area contributed by atoms with E-state index in [4.69, 9.17) is 14.7 Å². The minimum absolute atomic E-state index is 0.103. The molecule has 0 amide bonds. The third-order valence-corrected chi connectivity index (χ3v) is 4.76. The van der Waals surface area contributed by atoms with Crippen LogP contribution in [0, 0.1) is 17.2 Å². The molecule has 2 aromatic carbocycles. The van der Waals surface area contributed by atoms with Gasteiger partial charge >= 0.3 is 5.97 Å². The van der Waals surface area contributed by atoms with Crippen molar-refractivity contribution in [1.82, 2.24) is 0 Å². The van der Waals surface area contributed by atoms with Crippen molar-refractivity contribution in [3.8, 4) is 11.8 Å². The second-order valence-corrected chi connectivity index (χ2v) is 6.65. The average Bonchev–Trinajstić information content (AvgIpc) is 2.66. The summed E-state index contributed by atoms with van der Waals surface area (Å²) in [7, 11) is 0. The highest BCUT2D eigenvalue weighted by atomic mass is 16.5. The molecule has 4 heteroatoms. The van der Waals surface area contributed by atoms with Crippen LogP contribution in [0.2, 0.25) is 0 Å². The van der Waals surface area contributed by atoms with Crippen molar-refractivity contribution < 1.29 is 14.3 Å². The molecule has 1 aliphatic rings. The largest absolute Gasteiger partial charge is 0.489 e. The maximum atomic E-state index is 11.7. The highest BCUT2D eigenvalue weighted by molar-refractivity contribution is 5.69. The molecule has 0 aliphatic heterocycles. The van der Waals surface area contributed by atoms with Gasteiger partial charge in [0.15, 0.2) is 0 Å². The molecule has 1 unspecified atom stereocenters. The summed E-state index contributed by atoms with van der Waals surface area (Å²) in [6.07, 6.45) is 3.40. The van der Waals surface area contributed by atoms with Gasteiger partial charge in [0.25, 0.3) is 0 Å². The first-order valence-corrected chi connectivity index (χ1v) is 9.07. The fourth-order valence-corrected chi connectivity index (χ4v) is 3.37. The third-order valence-electron chi connectivity index (χ3n) is 4.76. The van der Waals surface area contributed by atoms with E-state index in [1.54, 1.807) is 12.1 Å². The lowest BCUT2D eigenvalue weighted by atomic mass is 9.82. The molecule has 0 aromatic heterocycles. The molecule has 1 aliphatic carbocycles. The molecular formula is C22H23NO3. The van der Waals surface area contributed by atoms with Crippen LogP contribution in [0.5, 0.6) is 5.75 Å². The van der Waals surface area contributed by atoms with Gasteiger partial charge in [-0.25, -0.2) is 0 Å². The van der Waals surface area contributed by atoms with Crippen LogP contribution in [-0.4, -0.2) is 12.6 Å². The lowest BCUT2D eigenvalue weighted by Crippen LogP contribution is -2.19. The maximum absolute atomic E-state index is 11.7. The number of aryl methyl sites for hydroxylation is 1. The zero-order valence-corrected chi connectivity index (χ0v) is 15.0. The minimum Gasteiger partial charge on any atom is -0.489 e. The molecule has 1 atom stereocenters. The van der Waals surface area contributed by atoms with Gasteiger partial charge in [-0.1, -0.05) is 18.2 Å². The number of ether oxygens (including phenoxy) is 2. The van der Waals surface area contributed by atoms with E-state index >= 15 is 0 Å². The molecule has 0 heterocycles. The minimum atomic E-state index is -0.103. The van der Waals surface area contributed by atoms with Crippen LogP contribution in [-0.2, 0) is 29.0 Å². The molecule has 0 fully saturated rings. The van der Waals surface area contributed by atoms with E-state index in [0.29, 0.717) is 31.1 Å². The second-order valence-electron chi connectivity index (χ2n) is 6.65. The van der Waals surface area contributed by atoms with Gasteiger partial charge in [-0.3, -0.25) is 4.79 Å². The lowest BCUT2D eigenvalue weighted by Gasteiger charge is -2.24. The Kier molecular flexibility index (Phi) is 5.91. The normalized spacial score (nSPS) is 15.6. The van der Waals surface area contributed by atoms with Crippen LogP contribution in [0.25, 0.3) is 0 Å². The van der Waals surface area contributed by atoms with Gasteiger partial charge in [-0.05, 0) is 73.1 Å². The Morgan fingerprint density at radius 2 is 2.00 bits per heavy atom. The fourth-order valence-electron chi connectivity index (χ4n) is 3.37. The van der Waals surface area contributed by atoms with Gasteiger partial charge in [0.1, 0.15) is 12.4 Å². The Balaban J connectivity index is 1.61. The lowest BCUT2D eigenvalue weighted by molar-refractivity contribution is -0.144. The van der Waals surface area contributed by atoms with Crippen molar-refractivity contribution in [2.45, 2.75) is 39.2 Å². The van der Waals surface area contributed by atoms with Gasteiger partial charge in [0.05, 0.1) is 18.2 Å². The summed E-state index contributed by atoms with van der Waals surface area (Å²) in [5.41, 5.74) is 4.29. The third kappa shape index (κ3) is 4.64. The molecule has 0 spiro atoms. The number of fused-ring (bicyclic) bond motifs is 1. The zero-order chi connectivity index (χ0) is 18.4. The Bertz CT molecular complexity index is 805. The zero-order valence-electron chi connectivity index (χ0n) is 15.0. The van der Waals surface area contributed by atoms with Crippen LogP contribution in [0.15, 0.2) is 42.5 Å². The number of rotatable bonds is 6. The summed E-state index contributed by atoms with van der Waals surface area (Å²) in [5, 5.41) is 8.84. The molecule has 0 N–H and O–H groups in total. The molecule has 0 radical (unpaired) electrons. The number of carbonyl (C=O) groups is 1. The molecule has 0 bridgehead atoms. The number of nitrogens with zero attached hydrogens (tertiary/aromatic N) is 1. The summed E-state index contributed by atoms with van der Waals surface area (Å²) in [6.45, 7) is 2.75. The van der Waals surface area contributed by atoms with Gasteiger partial charge in [-0.2, -0.15) is 5.26 Å². The van der Waals surface area contributed by atoms with Gasteiger partial charge in [0.2, 0.25) is 0 Å². The summed E-state index contributed by atoms with van der Waals surface area (Å²) < 4.78 is 11.0. The number of nitriles is 1. The molecule has 3 rings (SSSR count). The second kappa shape index (κ2) is 8.53. The van der Waals surface area contributed by atoms with Crippen LogP contribution < -0.4 is 4.74 Å². The molecular weight excluding hydrogens is 326 g/mol. The highest BCUT2D eigenvalue weighted by Gasteiger charge is 2.22. The number of benzene rings is 2. The molecule has 4 nitrogen and oxygen atoms in total. The SMILES string of the molecule is CCOC(=O)CC1CCc2ccc(OCc3ccc(C#N)cc3)cc2C1. The first kappa shape index (κ1) is 18.0. The molecule has 134 valence electrons. The quantitative estimate of drug-likeness (QED) is 0.734. The first-order chi connectivity index (χ1) is 12.7. The van der Waals surface area contributed by atoms with Crippen molar-refractivity contribution in [3.63, 3.8) is 0 Å². The summed E-state index contributed by atoms with van der Waals surface area (Å²) in [6, 6.07) is 15.8. The van der Waals surface area contributed by atoms with E-state index in [2.05, 4.69) is 18.2 Å². The van der Waals surface area contributed by atoms with Crippen LogP contribution >= 0.6 is 0 Å². The van der Waals surface area contributed by atoms with E-state index < -0.39 is 0 Å². The Morgan fingerprint density at radius 1 is 1.19 bits per heavy atom. The van der Waals surface area contributed by atoms with Gasteiger partial charge in [0, 0.05) is 6.42 Å². The van der Waals surface area contributed by atoms with E-state index in [1.807, 2.05) is 25.1 Å². The van der Waals surface area contributed by atoms with Crippen LogP contribution in [0.3, 0.4) is 0 Å². The molecule has 0 saturated heterocycles. The smallest absolute Gasteiger partial charge is 0.306 e. The van der Waals surface area contributed by atoms with E-state index in [-0.39, 0.29) is 5.97 Å². The van der Waals surface area contributed by atoms with E-state index in [0.717, 1.165) is 30.6 Å². The van der Waals surface area contributed by atoms with Gasteiger partial charge in [-0.15, -0.1) is 0 Å². The Labute approximate surface area is 154 Å². The maximum Gasteiger partial charge on any atom is 0.306 e. The monoisotopic (exact) mass is 349 g/mol. The molecule has 26 heavy (non-hydrogen) atoms. The summed E-state index contributed by atoms with van der Waals surface area (Å²) >= 11 is 0. The van der Waals surface area contributed by atoms with Crippen molar-refractivity contribution >= 4 is 5.97 Å². The number of hydrogen-bond donors (Lipinski definition) is 0. The number of hydrogen-bond acceptors (Lipinski definition) is 4. The van der Waals surface area contributed by atoms with Crippen molar-refractivity contribution in [1.29, 1.82) is 5.26 Å². The summed E-state index contributed by atoms with van der Waals surface area (Å²) in [5.74, 6) is 1.08. The average molecular weight is 349 g/mol. The molecule has 0 saturated carbocycles. The fraction of sp³-hybridized carbons (Fsp3) is 0.364. The molecule has 2 aromatic rings.